The minimum Gasteiger partial charge on any atom is -0.851 e. The average molecular weight is 154 g/mol. The number of unbranched alkanes of at least 4 members (excludes halogenated alkanes) is 1. The molecule has 0 aromatic rings. The SMILES string of the molecule is CCCCOCC(C)[O-].[Na+]. The Balaban J connectivity index is 0. The molecule has 0 aliphatic rings. The van der Waals surface area contributed by atoms with Gasteiger partial charge in [-0.25, -0.2) is 0 Å². The van der Waals surface area contributed by atoms with Gasteiger partial charge in [0.2, 0.25) is 0 Å². The Morgan fingerprint density at radius 2 is 2.10 bits per heavy atom. The van der Waals surface area contributed by atoms with E-state index in [0.717, 1.165) is 19.4 Å². The second-order valence-electron chi connectivity index (χ2n) is 2.24. The second-order valence-corrected chi connectivity index (χ2v) is 2.24. The first-order valence-electron chi connectivity index (χ1n) is 3.51. The summed E-state index contributed by atoms with van der Waals surface area (Å²) in [6.07, 6.45) is 1.63. The van der Waals surface area contributed by atoms with Crippen molar-refractivity contribution in [2.24, 2.45) is 0 Å². The summed E-state index contributed by atoms with van der Waals surface area (Å²) in [4.78, 5) is 0. The molecule has 10 heavy (non-hydrogen) atoms. The number of ether oxygens (including phenoxy) is 1. The Labute approximate surface area is 85.3 Å². The topological polar surface area (TPSA) is 32.3 Å². The monoisotopic (exact) mass is 154 g/mol. The van der Waals surface area contributed by atoms with Crippen LogP contribution in [0.2, 0.25) is 0 Å². The van der Waals surface area contributed by atoms with Crippen molar-refractivity contribution in [1.29, 1.82) is 0 Å². The molecule has 1 unspecified atom stereocenters. The summed E-state index contributed by atoms with van der Waals surface area (Å²) < 4.78 is 5.02. The Hall–Kier alpha value is 0.920. The van der Waals surface area contributed by atoms with Gasteiger partial charge in [0.05, 0.1) is 0 Å². The molecule has 0 amide bonds. The van der Waals surface area contributed by atoms with E-state index >= 15 is 0 Å². The summed E-state index contributed by atoms with van der Waals surface area (Å²) in [5.41, 5.74) is 0. The summed E-state index contributed by atoms with van der Waals surface area (Å²) in [6, 6.07) is 0. The molecular formula is C7H15NaO2. The van der Waals surface area contributed by atoms with E-state index in [1.807, 2.05) is 0 Å². The minimum absolute atomic E-state index is 0. The van der Waals surface area contributed by atoms with Gasteiger partial charge in [-0.2, -0.15) is 0 Å². The molecule has 0 aliphatic carbocycles. The van der Waals surface area contributed by atoms with Gasteiger partial charge in [-0.3, -0.25) is 0 Å². The van der Waals surface area contributed by atoms with Gasteiger partial charge in [-0.15, -0.1) is 6.10 Å². The van der Waals surface area contributed by atoms with Crippen molar-refractivity contribution in [1.82, 2.24) is 0 Å². The predicted octanol–water partition coefficient (Wildman–Crippen LogP) is -2.44. The number of hydrogen-bond donors (Lipinski definition) is 0. The maximum atomic E-state index is 10.4. The molecule has 0 heterocycles. The Bertz CT molecular complexity index is 57.6. The first kappa shape index (κ1) is 13.5. The first-order chi connectivity index (χ1) is 4.27. The van der Waals surface area contributed by atoms with Crippen LogP contribution in [0, 0.1) is 0 Å². The smallest absolute Gasteiger partial charge is 0.851 e. The molecule has 0 fully saturated rings. The van der Waals surface area contributed by atoms with E-state index < -0.39 is 6.10 Å². The van der Waals surface area contributed by atoms with Gasteiger partial charge in [0.1, 0.15) is 0 Å². The Morgan fingerprint density at radius 3 is 2.50 bits per heavy atom. The van der Waals surface area contributed by atoms with Crippen molar-refractivity contribution in [3.8, 4) is 0 Å². The zero-order valence-corrected chi connectivity index (χ0v) is 9.22. The normalized spacial score (nSPS) is 12.3. The van der Waals surface area contributed by atoms with Gasteiger partial charge in [0.25, 0.3) is 0 Å². The van der Waals surface area contributed by atoms with Gasteiger partial charge in [-0.1, -0.05) is 20.3 Å². The largest absolute Gasteiger partial charge is 1.00 e. The van der Waals surface area contributed by atoms with E-state index in [9.17, 15) is 5.11 Å². The van der Waals surface area contributed by atoms with Crippen molar-refractivity contribution >= 4 is 0 Å². The van der Waals surface area contributed by atoms with Crippen LogP contribution in [0.15, 0.2) is 0 Å². The minimum atomic E-state index is -0.568. The Kier molecular flexibility index (Phi) is 13.4. The van der Waals surface area contributed by atoms with Gasteiger partial charge in [-0.05, 0) is 6.42 Å². The van der Waals surface area contributed by atoms with Crippen LogP contribution >= 0.6 is 0 Å². The third kappa shape index (κ3) is 11.7. The maximum Gasteiger partial charge on any atom is 1.00 e. The zero-order valence-electron chi connectivity index (χ0n) is 7.22. The van der Waals surface area contributed by atoms with Crippen molar-refractivity contribution < 1.29 is 39.4 Å². The first-order valence-corrected chi connectivity index (χ1v) is 3.51. The fourth-order valence-corrected chi connectivity index (χ4v) is 0.496. The van der Waals surface area contributed by atoms with E-state index in [1.165, 1.54) is 0 Å². The fourth-order valence-electron chi connectivity index (χ4n) is 0.496. The van der Waals surface area contributed by atoms with Crippen LogP contribution in [-0.2, 0) is 4.74 Å². The molecule has 0 spiro atoms. The summed E-state index contributed by atoms with van der Waals surface area (Å²) >= 11 is 0. The molecule has 2 nitrogen and oxygen atoms in total. The van der Waals surface area contributed by atoms with Crippen LogP contribution in [0.1, 0.15) is 26.7 Å². The van der Waals surface area contributed by atoms with Crippen molar-refractivity contribution in [3.05, 3.63) is 0 Å². The summed E-state index contributed by atoms with van der Waals surface area (Å²) in [5, 5.41) is 10.4. The molecule has 56 valence electrons. The van der Waals surface area contributed by atoms with Gasteiger partial charge < -0.3 is 9.84 Å². The average Bonchev–Trinajstić information content (AvgIpc) is 1.80. The van der Waals surface area contributed by atoms with Crippen molar-refractivity contribution in [2.75, 3.05) is 13.2 Å². The van der Waals surface area contributed by atoms with Crippen molar-refractivity contribution in [2.45, 2.75) is 32.8 Å². The van der Waals surface area contributed by atoms with Crippen molar-refractivity contribution in [3.63, 3.8) is 0 Å². The molecule has 0 aliphatic heterocycles. The number of rotatable bonds is 5. The van der Waals surface area contributed by atoms with Crippen LogP contribution in [0.4, 0.5) is 0 Å². The quantitative estimate of drug-likeness (QED) is 0.325. The van der Waals surface area contributed by atoms with Gasteiger partial charge >= 0.3 is 29.6 Å². The van der Waals surface area contributed by atoms with E-state index in [-0.39, 0.29) is 29.6 Å². The van der Waals surface area contributed by atoms with Crippen LogP contribution in [0.25, 0.3) is 0 Å². The molecular weight excluding hydrogens is 139 g/mol. The summed E-state index contributed by atoms with van der Waals surface area (Å²) in [6.45, 7) is 4.82. The molecule has 0 bridgehead atoms. The molecule has 0 aromatic heterocycles. The van der Waals surface area contributed by atoms with Crippen LogP contribution < -0.4 is 34.7 Å². The second kappa shape index (κ2) is 9.92. The van der Waals surface area contributed by atoms with E-state index in [4.69, 9.17) is 4.74 Å². The molecule has 0 rings (SSSR count). The molecule has 1 atom stereocenters. The van der Waals surface area contributed by atoms with Crippen LogP contribution in [0.3, 0.4) is 0 Å². The van der Waals surface area contributed by atoms with E-state index in [0.29, 0.717) is 6.61 Å². The summed E-state index contributed by atoms with van der Waals surface area (Å²) in [5.74, 6) is 0. The summed E-state index contributed by atoms with van der Waals surface area (Å²) in [7, 11) is 0. The van der Waals surface area contributed by atoms with Gasteiger partial charge in [0, 0.05) is 13.2 Å². The molecule has 0 N–H and O–H groups in total. The predicted molar refractivity (Wildman–Crippen MR) is 35.2 cm³/mol. The molecule has 3 heteroatoms. The third-order valence-electron chi connectivity index (χ3n) is 0.995. The number of hydrogen-bond acceptors (Lipinski definition) is 2. The molecule has 0 saturated carbocycles. The van der Waals surface area contributed by atoms with E-state index in [2.05, 4.69) is 6.92 Å². The molecule has 0 aromatic carbocycles. The van der Waals surface area contributed by atoms with Crippen LogP contribution in [-0.4, -0.2) is 19.3 Å². The Morgan fingerprint density at radius 1 is 1.50 bits per heavy atom. The fraction of sp³-hybridized carbons (Fsp3) is 1.00. The zero-order chi connectivity index (χ0) is 7.11. The third-order valence-corrected chi connectivity index (χ3v) is 0.995. The maximum absolute atomic E-state index is 10.4. The standard InChI is InChI=1S/C7H15O2.Na/c1-3-4-5-9-6-7(2)8;/h7H,3-6H2,1-2H3;/q-1;+1. The van der Waals surface area contributed by atoms with Gasteiger partial charge in [0.15, 0.2) is 0 Å². The molecule has 0 saturated heterocycles. The van der Waals surface area contributed by atoms with E-state index in [1.54, 1.807) is 6.92 Å². The molecule has 0 radical (unpaired) electrons. The van der Waals surface area contributed by atoms with Crippen LogP contribution in [0.5, 0.6) is 0 Å².